The number of ketones is 1. The molecule has 0 bridgehead atoms. The molecule has 0 amide bonds. The first-order valence-electron chi connectivity index (χ1n) is 11.7. The molecule has 2 heterocycles. The molecule has 2 saturated heterocycles. The molecule has 6 nitrogen and oxygen atoms in total. The largest absolute Gasteiger partial charge is 0.463 e. The maximum absolute atomic E-state index is 12.4. The lowest BCUT2D eigenvalue weighted by Gasteiger charge is -2.22. The fourth-order valence-corrected chi connectivity index (χ4v) is 4.32. The van der Waals surface area contributed by atoms with E-state index in [0.717, 1.165) is 32.1 Å². The van der Waals surface area contributed by atoms with Crippen LogP contribution in [0.1, 0.15) is 97.3 Å². The molecule has 6 heteroatoms. The minimum Gasteiger partial charge on any atom is -0.463 e. The van der Waals surface area contributed by atoms with Gasteiger partial charge in [-0.1, -0.05) is 51.9 Å². The number of hydrogen-bond donors (Lipinski definition) is 1. The number of carbonyl (C=O) groups excluding carboxylic acids is 2. The predicted octanol–water partition coefficient (Wildman–Crippen LogP) is 4.11. The highest BCUT2D eigenvalue weighted by Gasteiger charge is 2.40. The van der Waals surface area contributed by atoms with E-state index in [0.29, 0.717) is 12.8 Å². The lowest BCUT2D eigenvalue weighted by atomic mass is 10.0. The third-order valence-electron chi connectivity index (χ3n) is 6.07. The first-order chi connectivity index (χ1) is 14.0. The Morgan fingerprint density at radius 1 is 0.931 bits per heavy atom. The quantitative estimate of drug-likeness (QED) is 0.342. The van der Waals surface area contributed by atoms with E-state index in [1.165, 1.54) is 45.4 Å². The molecular formula is C23H40O6. The zero-order valence-corrected chi connectivity index (χ0v) is 18.3. The molecule has 0 radical (unpaired) electrons. The van der Waals surface area contributed by atoms with Gasteiger partial charge in [-0.3, -0.25) is 9.59 Å². The Kier molecular flexibility index (Phi) is 11.2. The Labute approximate surface area is 175 Å². The number of rotatable bonds is 14. The van der Waals surface area contributed by atoms with E-state index in [4.69, 9.17) is 14.2 Å². The zero-order valence-electron chi connectivity index (χ0n) is 18.3. The summed E-state index contributed by atoms with van der Waals surface area (Å²) in [5.74, 6) is -0.182. The first kappa shape index (κ1) is 24.3. The van der Waals surface area contributed by atoms with Gasteiger partial charge in [0.05, 0.1) is 18.3 Å². The van der Waals surface area contributed by atoms with Crippen molar-refractivity contribution >= 4 is 11.8 Å². The maximum Gasteiger partial charge on any atom is 0.302 e. The van der Waals surface area contributed by atoms with Gasteiger partial charge in [0.2, 0.25) is 0 Å². The van der Waals surface area contributed by atoms with Gasteiger partial charge < -0.3 is 19.3 Å². The van der Waals surface area contributed by atoms with E-state index >= 15 is 0 Å². The smallest absolute Gasteiger partial charge is 0.302 e. The minimum atomic E-state index is -0.815. The highest BCUT2D eigenvalue weighted by atomic mass is 16.6. The van der Waals surface area contributed by atoms with Gasteiger partial charge in [0, 0.05) is 13.3 Å². The van der Waals surface area contributed by atoms with Crippen molar-refractivity contribution in [3.8, 4) is 0 Å². The first-order valence-corrected chi connectivity index (χ1v) is 11.7. The summed E-state index contributed by atoms with van der Waals surface area (Å²) in [6.45, 7) is 3.51. The minimum absolute atomic E-state index is 0.0437. The summed E-state index contributed by atoms with van der Waals surface area (Å²) < 4.78 is 16.8. The molecule has 0 aromatic rings. The van der Waals surface area contributed by atoms with Crippen molar-refractivity contribution < 1.29 is 28.9 Å². The molecule has 5 atom stereocenters. The van der Waals surface area contributed by atoms with Crippen molar-refractivity contribution in [2.24, 2.45) is 0 Å². The molecule has 2 aliphatic rings. The third-order valence-corrected chi connectivity index (χ3v) is 6.07. The van der Waals surface area contributed by atoms with Gasteiger partial charge in [-0.2, -0.15) is 0 Å². The summed E-state index contributed by atoms with van der Waals surface area (Å²) in [6.07, 6.45) is 11.9. The average molecular weight is 413 g/mol. The molecule has 168 valence electrons. The van der Waals surface area contributed by atoms with Gasteiger partial charge in [0.1, 0.15) is 18.8 Å². The lowest BCUT2D eigenvalue weighted by molar-refractivity contribution is -0.149. The van der Waals surface area contributed by atoms with Crippen molar-refractivity contribution in [2.45, 2.75) is 128 Å². The highest BCUT2D eigenvalue weighted by Crippen LogP contribution is 2.33. The Bertz CT molecular complexity index is 494. The average Bonchev–Trinajstić information content (AvgIpc) is 3.37. The summed E-state index contributed by atoms with van der Waals surface area (Å²) in [4.78, 5) is 23.3. The second-order valence-corrected chi connectivity index (χ2v) is 8.59. The molecule has 2 fully saturated rings. The van der Waals surface area contributed by atoms with Gasteiger partial charge in [-0.05, 0) is 32.1 Å². The monoisotopic (exact) mass is 412 g/mol. The molecule has 1 N–H and O–H groups in total. The Morgan fingerprint density at radius 3 is 2.24 bits per heavy atom. The Morgan fingerprint density at radius 2 is 1.55 bits per heavy atom. The van der Waals surface area contributed by atoms with Crippen molar-refractivity contribution in [1.82, 2.24) is 0 Å². The fourth-order valence-electron chi connectivity index (χ4n) is 4.32. The van der Waals surface area contributed by atoms with Crippen LogP contribution in [0.25, 0.3) is 0 Å². The van der Waals surface area contributed by atoms with E-state index in [1.807, 2.05) is 0 Å². The summed E-state index contributed by atoms with van der Waals surface area (Å²) in [5, 5.41) is 10.1. The lowest BCUT2D eigenvalue weighted by Crippen LogP contribution is -2.34. The molecule has 0 aliphatic carbocycles. The van der Waals surface area contributed by atoms with Crippen molar-refractivity contribution in [3.05, 3.63) is 0 Å². The number of esters is 1. The molecule has 0 aromatic carbocycles. The van der Waals surface area contributed by atoms with Gasteiger partial charge in [0.25, 0.3) is 0 Å². The van der Waals surface area contributed by atoms with Crippen LogP contribution in [0.5, 0.6) is 0 Å². The van der Waals surface area contributed by atoms with E-state index in [2.05, 4.69) is 6.92 Å². The zero-order chi connectivity index (χ0) is 21.1. The molecular weight excluding hydrogens is 372 g/mol. The Hall–Kier alpha value is -0.980. The molecule has 2 rings (SSSR count). The van der Waals surface area contributed by atoms with E-state index in [9.17, 15) is 14.7 Å². The van der Waals surface area contributed by atoms with E-state index in [-0.39, 0.29) is 36.8 Å². The predicted molar refractivity (Wildman–Crippen MR) is 111 cm³/mol. The van der Waals surface area contributed by atoms with Crippen LogP contribution >= 0.6 is 0 Å². The standard InChI is InChI=1S/C23H40O6/c1-3-4-5-6-7-8-9-10-11-18(25)20-12-14-22(28-20)23-15-13-21(29-23)19(26)16-27-17(2)24/h19-23,26H,3-16H2,1-2H3/t19-,20-,21-,22+,23+/m1/s1. The van der Waals surface area contributed by atoms with Gasteiger partial charge in [-0.15, -0.1) is 0 Å². The molecule has 0 aromatic heterocycles. The van der Waals surface area contributed by atoms with Crippen LogP contribution in [0.15, 0.2) is 0 Å². The second kappa shape index (κ2) is 13.3. The summed E-state index contributed by atoms with van der Waals surface area (Å²) in [5.41, 5.74) is 0. The number of aliphatic hydroxyl groups excluding tert-OH is 1. The molecule has 0 saturated carbocycles. The highest BCUT2D eigenvalue weighted by molar-refractivity contribution is 5.83. The fraction of sp³-hybridized carbons (Fsp3) is 0.913. The third kappa shape index (κ3) is 8.73. The van der Waals surface area contributed by atoms with E-state index < -0.39 is 12.1 Å². The van der Waals surface area contributed by atoms with Crippen LogP contribution in [0.3, 0.4) is 0 Å². The summed E-state index contributed by atoms with van der Waals surface area (Å²) in [6, 6.07) is 0. The van der Waals surface area contributed by atoms with Gasteiger partial charge in [0.15, 0.2) is 5.78 Å². The Balaban J connectivity index is 1.58. The van der Waals surface area contributed by atoms with Crippen molar-refractivity contribution in [2.75, 3.05) is 6.61 Å². The molecule has 2 aliphatic heterocycles. The molecule has 29 heavy (non-hydrogen) atoms. The van der Waals surface area contributed by atoms with Crippen molar-refractivity contribution in [3.63, 3.8) is 0 Å². The second-order valence-electron chi connectivity index (χ2n) is 8.59. The van der Waals surface area contributed by atoms with Gasteiger partial charge >= 0.3 is 5.97 Å². The number of unbranched alkanes of at least 4 members (excludes halogenated alkanes) is 7. The maximum atomic E-state index is 12.4. The number of ether oxygens (including phenoxy) is 3. The number of aliphatic hydroxyl groups is 1. The topological polar surface area (TPSA) is 82.1 Å². The van der Waals surface area contributed by atoms with Crippen LogP contribution in [0.4, 0.5) is 0 Å². The van der Waals surface area contributed by atoms with Gasteiger partial charge in [-0.25, -0.2) is 0 Å². The SMILES string of the molecule is CCCCCCCCCCC(=O)[C@H]1CC[C@@H]([C@@H]2CC[C@H]([C@H](O)COC(C)=O)O2)O1. The number of hydrogen-bond acceptors (Lipinski definition) is 6. The van der Waals surface area contributed by atoms with E-state index in [1.54, 1.807) is 0 Å². The summed E-state index contributed by atoms with van der Waals surface area (Å²) >= 11 is 0. The molecule has 0 spiro atoms. The molecule has 0 unspecified atom stereocenters. The number of Topliss-reactive ketones (excluding diaryl/α,β-unsaturated/α-hetero) is 1. The van der Waals surface area contributed by atoms with Crippen LogP contribution in [0.2, 0.25) is 0 Å². The van der Waals surface area contributed by atoms with Crippen molar-refractivity contribution in [1.29, 1.82) is 0 Å². The number of carbonyl (C=O) groups is 2. The normalized spacial score (nSPS) is 27.8. The summed E-state index contributed by atoms with van der Waals surface area (Å²) in [7, 11) is 0. The van der Waals surface area contributed by atoms with Crippen LogP contribution in [0, 0.1) is 0 Å². The van der Waals surface area contributed by atoms with Crippen LogP contribution in [-0.4, -0.2) is 54.0 Å². The van der Waals surface area contributed by atoms with Crippen LogP contribution < -0.4 is 0 Å². The van der Waals surface area contributed by atoms with Crippen LogP contribution in [-0.2, 0) is 23.8 Å².